The van der Waals surface area contributed by atoms with E-state index in [1.807, 2.05) is 6.07 Å². The van der Waals surface area contributed by atoms with Gasteiger partial charge >= 0.3 is 0 Å². The van der Waals surface area contributed by atoms with Crippen LogP contribution >= 0.6 is 0 Å². The number of para-hydroxylation sites is 1. The van der Waals surface area contributed by atoms with Gasteiger partial charge < -0.3 is 15.2 Å². The fourth-order valence-corrected chi connectivity index (χ4v) is 3.69. The molecule has 0 bridgehead atoms. The van der Waals surface area contributed by atoms with E-state index in [9.17, 15) is 4.79 Å². The van der Waals surface area contributed by atoms with Crippen molar-refractivity contribution in [1.82, 2.24) is 10.3 Å². The molecule has 114 valence electrons. The molecule has 2 aromatic rings. The van der Waals surface area contributed by atoms with Crippen molar-refractivity contribution in [1.29, 1.82) is 0 Å². The predicted octanol–water partition coefficient (Wildman–Crippen LogP) is 2.21. The minimum Gasteiger partial charge on any atom is -0.371 e. The molecule has 1 unspecified atom stereocenters. The summed E-state index contributed by atoms with van der Waals surface area (Å²) in [7, 11) is 0. The highest BCUT2D eigenvalue weighted by Crippen LogP contribution is 2.34. The molecular formula is C18H21N3O. The summed E-state index contributed by atoms with van der Waals surface area (Å²) in [6, 6.07) is 12.3. The average Bonchev–Trinajstić information content (AvgIpc) is 3.08. The number of hydrogen-bond donors (Lipinski definition) is 2. The van der Waals surface area contributed by atoms with Crippen LogP contribution in [-0.2, 0) is 6.42 Å². The maximum absolute atomic E-state index is 11.8. The van der Waals surface area contributed by atoms with Crippen LogP contribution < -0.4 is 15.8 Å². The van der Waals surface area contributed by atoms with E-state index in [1.165, 1.54) is 29.7 Å². The monoisotopic (exact) mass is 295 g/mol. The molecule has 22 heavy (non-hydrogen) atoms. The summed E-state index contributed by atoms with van der Waals surface area (Å²) in [5.74, 6) is 0. The fourth-order valence-electron chi connectivity index (χ4n) is 3.69. The van der Waals surface area contributed by atoms with Gasteiger partial charge in [0.05, 0.1) is 6.04 Å². The highest BCUT2D eigenvalue weighted by Gasteiger charge is 2.26. The molecule has 2 N–H and O–H groups in total. The molecule has 2 aliphatic rings. The number of pyridine rings is 1. The van der Waals surface area contributed by atoms with Gasteiger partial charge in [-0.3, -0.25) is 4.79 Å². The number of hydrogen-bond acceptors (Lipinski definition) is 3. The maximum atomic E-state index is 11.8. The van der Waals surface area contributed by atoms with Gasteiger partial charge in [-0.25, -0.2) is 0 Å². The number of aromatic nitrogens is 1. The van der Waals surface area contributed by atoms with Crippen LogP contribution in [-0.4, -0.2) is 24.6 Å². The average molecular weight is 295 g/mol. The van der Waals surface area contributed by atoms with E-state index in [4.69, 9.17) is 0 Å². The van der Waals surface area contributed by atoms with Gasteiger partial charge in [0, 0.05) is 37.1 Å². The molecule has 1 saturated heterocycles. The molecule has 0 saturated carbocycles. The van der Waals surface area contributed by atoms with Crippen LogP contribution in [0.4, 0.5) is 5.69 Å². The third-order valence-electron chi connectivity index (χ3n) is 4.77. The lowest BCUT2D eigenvalue weighted by molar-refractivity contribution is 0.550. The number of nitrogens with zero attached hydrogens (tertiary/aromatic N) is 1. The zero-order valence-electron chi connectivity index (χ0n) is 12.6. The Kier molecular flexibility index (Phi) is 3.47. The van der Waals surface area contributed by atoms with Crippen molar-refractivity contribution in [3.05, 3.63) is 63.6 Å². The number of aromatic amines is 1. The van der Waals surface area contributed by atoms with E-state index in [0.717, 1.165) is 31.7 Å². The van der Waals surface area contributed by atoms with Crippen molar-refractivity contribution < 1.29 is 0 Å². The molecule has 1 aromatic carbocycles. The normalized spacial score (nSPS) is 20.9. The molecule has 4 rings (SSSR count). The van der Waals surface area contributed by atoms with Gasteiger partial charge in [0.2, 0.25) is 5.56 Å². The van der Waals surface area contributed by atoms with Crippen molar-refractivity contribution in [2.45, 2.75) is 25.3 Å². The lowest BCUT2D eigenvalue weighted by Crippen LogP contribution is -2.34. The summed E-state index contributed by atoms with van der Waals surface area (Å²) in [4.78, 5) is 17.3. The lowest BCUT2D eigenvalue weighted by Gasteiger charge is -2.30. The molecule has 0 spiro atoms. The molecule has 4 heteroatoms. The van der Waals surface area contributed by atoms with Crippen LogP contribution in [0, 0.1) is 0 Å². The highest BCUT2D eigenvalue weighted by atomic mass is 16.1. The van der Waals surface area contributed by atoms with E-state index < -0.39 is 0 Å². The van der Waals surface area contributed by atoms with E-state index >= 15 is 0 Å². The highest BCUT2D eigenvalue weighted by molar-refractivity contribution is 5.58. The predicted molar refractivity (Wildman–Crippen MR) is 88.5 cm³/mol. The molecule has 0 radical (unpaired) electrons. The Hall–Kier alpha value is -2.07. The van der Waals surface area contributed by atoms with Crippen molar-refractivity contribution in [3.63, 3.8) is 0 Å². The van der Waals surface area contributed by atoms with Crippen molar-refractivity contribution >= 4 is 5.69 Å². The van der Waals surface area contributed by atoms with E-state index in [0.29, 0.717) is 0 Å². The zero-order chi connectivity index (χ0) is 14.9. The number of anilines is 1. The Morgan fingerprint density at radius 3 is 2.73 bits per heavy atom. The third-order valence-corrected chi connectivity index (χ3v) is 4.77. The second-order valence-corrected chi connectivity index (χ2v) is 6.15. The summed E-state index contributed by atoms with van der Waals surface area (Å²) in [5.41, 5.74) is 4.83. The summed E-state index contributed by atoms with van der Waals surface area (Å²) in [5, 5.41) is 3.59. The van der Waals surface area contributed by atoms with Gasteiger partial charge in [0.25, 0.3) is 0 Å². The van der Waals surface area contributed by atoms with Crippen LogP contribution in [0.1, 0.15) is 35.7 Å². The van der Waals surface area contributed by atoms with Crippen LogP contribution in [0.5, 0.6) is 0 Å². The second kappa shape index (κ2) is 5.61. The molecule has 0 aliphatic carbocycles. The van der Waals surface area contributed by atoms with Crippen LogP contribution in [0.25, 0.3) is 0 Å². The minimum absolute atomic E-state index is 0.0221. The number of rotatable bonds is 2. The van der Waals surface area contributed by atoms with Crippen LogP contribution in [0.3, 0.4) is 0 Å². The van der Waals surface area contributed by atoms with E-state index in [1.54, 1.807) is 6.07 Å². The van der Waals surface area contributed by atoms with Crippen molar-refractivity contribution in [3.8, 4) is 0 Å². The van der Waals surface area contributed by atoms with Crippen molar-refractivity contribution in [2.24, 2.45) is 0 Å². The summed E-state index contributed by atoms with van der Waals surface area (Å²) < 4.78 is 0. The topological polar surface area (TPSA) is 48.1 Å². The Balaban J connectivity index is 1.80. The minimum atomic E-state index is -0.0221. The largest absolute Gasteiger partial charge is 0.371 e. The number of nitrogens with one attached hydrogen (secondary N) is 2. The molecule has 2 aliphatic heterocycles. The summed E-state index contributed by atoms with van der Waals surface area (Å²) in [6.45, 7) is 3.20. The Labute approximate surface area is 130 Å². The smallest absolute Gasteiger partial charge is 0.248 e. The Morgan fingerprint density at radius 2 is 1.86 bits per heavy atom. The first-order valence-corrected chi connectivity index (χ1v) is 8.12. The first-order chi connectivity index (χ1) is 10.8. The zero-order valence-corrected chi connectivity index (χ0v) is 12.6. The SMILES string of the molecule is O=c1ccc2c([nH]1)C(c1ccccc1N1CCCC1)NCC2. The van der Waals surface area contributed by atoms with Gasteiger partial charge in [-0.1, -0.05) is 24.3 Å². The molecule has 0 amide bonds. The summed E-state index contributed by atoms with van der Waals surface area (Å²) >= 11 is 0. The molecule has 1 aromatic heterocycles. The quantitative estimate of drug-likeness (QED) is 0.893. The number of fused-ring (bicyclic) bond motifs is 1. The lowest BCUT2D eigenvalue weighted by atomic mass is 9.93. The van der Waals surface area contributed by atoms with Gasteiger partial charge in [-0.05, 0) is 36.5 Å². The van der Waals surface area contributed by atoms with E-state index in [-0.39, 0.29) is 11.6 Å². The second-order valence-electron chi connectivity index (χ2n) is 6.15. The Bertz CT molecular complexity index is 731. The van der Waals surface area contributed by atoms with Crippen LogP contribution in [0.15, 0.2) is 41.2 Å². The molecule has 1 fully saturated rings. The number of benzene rings is 1. The molecular weight excluding hydrogens is 274 g/mol. The molecule has 1 atom stereocenters. The molecule has 4 nitrogen and oxygen atoms in total. The number of H-pyrrole nitrogens is 1. The van der Waals surface area contributed by atoms with Gasteiger partial charge in [-0.2, -0.15) is 0 Å². The fraction of sp³-hybridized carbons (Fsp3) is 0.389. The van der Waals surface area contributed by atoms with E-state index in [2.05, 4.69) is 39.5 Å². The van der Waals surface area contributed by atoms with Gasteiger partial charge in [0.15, 0.2) is 0 Å². The first-order valence-electron chi connectivity index (χ1n) is 8.12. The Morgan fingerprint density at radius 1 is 1.05 bits per heavy atom. The van der Waals surface area contributed by atoms with Gasteiger partial charge in [0.1, 0.15) is 0 Å². The van der Waals surface area contributed by atoms with Gasteiger partial charge in [-0.15, -0.1) is 0 Å². The van der Waals surface area contributed by atoms with Crippen LogP contribution in [0.2, 0.25) is 0 Å². The maximum Gasteiger partial charge on any atom is 0.248 e. The molecule has 3 heterocycles. The standard InChI is InChI=1S/C18H21N3O/c22-16-8-7-13-9-10-19-18(17(13)20-16)14-5-1-2-6-15(14)21-11-3-4-12-21/h1-2,5-8,18-19H,3-4,9-12H2,(H,20,22). The summed E-state index contributed by atoms with van der Waals surface area (Å²) in [6.07, 6.45) is 3.49. The van der Waals surface area contributed by atoms with Crippen molar-refractivity contribution in [2.75, 3.05) is 24.5 Å². The first kappa shape index (κ1) is 13.6. The third kappa shape index (κ3) is 2.33.